The number of fused-ring (bicyclic) bond motifs is 1. The lowest BCUT2D eigenvalue weighted by atomic mass is 10.2. The Morgan fingerprint density at radius 3 is 2.85 bits per heavy atom. The lowest BCUT2D eigenvalue weighted by molar-refractivity contribution is -0.127. The van der Waals surface area contributed by atoms with Crippen LogP contribution in [0.3, 0.4) is 0 Å². The number of likely N-dealkylation sites (tertiary alicyclic amines) is 1. The Hall–Kier alpha value is -2.81. The third kappa shape index (κ3) is 3.68. The Balaban J connectivity index is 1.67. The van der Waals surface area contributed by atoms with Crippen molar-refractivity contribution in [3.8, 4) is 17.1 Å². The minimum Gasteiger partial charge on any atom is -0.497 e. The maximum absolute atomic E-state index is 12.4. The van der Waals surface area contributed by atoms with Crippen molar-refractivity contribution in [2.24, 2.45) is 0 Å². The number of rotatable bonds is 5. The first-order valence-corrected chi connectivity index (χ1v) is 9.67. The number of aromatic amines is 1. The molecule has 0 atom stereocenters. The summed E-state index contributed by atoms with van der Waals surface area (Å²) in [6.07, 6.45) is 2.11. The zero-order valence-electron chi connectivity index (χ0n) is 14.8. The van der Waals surface area contributed by atoms with Crippen molar-refractivity contribution in [3.63, 3.8) is 0 Å². The number of thioether (sulfide) groups is 1. The van der Waals surface area contributed by atoms with Gasteiger partial charge in [0, 0.05) is 24.7 Å². The van der Waals surface area contributed by atoms with E-state index in [9.17, 15) is 9.59 Å². The molecule has 0 radical (unpaired) electrons. The highest BCUT2D eigenvalue weighted by molar-refractivity contribution is 7.99. The van der Waals surface area contributed by atoms with Gasteiger partial charge < -0.3 is 9.64 Å². The molecule has 0 unspecified atom stereocenters. The molecule has 0 aliphatic carbocycles. The Morgan fingerprint density at radius 1 is 1.26 bits per heavy atom. The number of carbonyl (C=O) groups is 1. The molecule has 2 aromatic heterocycles. The summed E-state index contributed by atoms with van der Waals surface area (Å²) in [5.74, 6) is 1.52. The van der Waals surface area contributed by atoms with Gasteiger partial charge in [0.1, 0.15) is 5.75 Å². The van der Waals surface area contributed by atoms with Gasteiger partial charge in [0.15, 0.2) is 16.6 Å². The molecule has 1 fully saturated rings. The average Bonchev–Trinajstić information content (AvgIpc) is 3.34. The van der Waals surface area contributed by atoms with E-state index in [2.05, 4.69) is 15.1 Å². The smallest absolute Gasteiger partial charge is 0.266 e. The summed E-state index contributed by atoms with van der Waals surface area (Å²) in [5, 5.41) is 3.21. The second-order valence-electron chi connectivity index (χ2n) is 6.25. The van der Waals surface area contributed by atoms with Crippen LogP contribution < -0.4 is 10.3 Å². The minimum absolute atomic E-state index is 0.0849. The van der Waals surface area contributed by atoms with Crippen LogP contribution in [0.25, 0.3) is 17.0 Å². The molecule has 140 valence electrons. The number of ether oxygens (including phenoxy) is 1. The van der Waals surface area contributed by atoms with Crippen LogP contribution in [0, 0.1) is 0 Å². The normalized spacial score (nSPS) is 14.0. The van der Waals surface area contributed by atoms with E-state index in [4.69, 9.17) is 4.74 Å². The van der Waals surface area contributed by atoms with Gasteiger partial charge >= 0.3 is 0 Å². The summed E-state index contributed by atoms with van der Waals surface area (Å²) in [6.45, 7) is 1.63. The van der Waals surface area contributed by atoms with E-state index in [-0.39, 0.29) is 17.2 Å². The van der Waals surface area contributed by atoms with E-state index in [1.807, 2.05) is 29.2 Å². The molecule has 0 bridgehead atoms. The third-order valence-electron chi connectivity index (χ3n) is 4.44. The number of aromatic nitrogens is 4. The fourth-order valence-electron chi connectivity index (χ4n) is 3.06. The number of hydrogen-bond acceptors (Lipinski definition) is 6. The predicted molar refractivity (Wildman–Crippen MR) is 102 cm³/mol. The van der Waals surface area contributed by atoms with Crippen LogP contribution >= 0.6 is 11.8 Å². The lowest BCUT2D eigenvalue weighted by Gasteiger charge is -2.14. The molecule has 3 aromatic rings. The van der Waals surface area contributed by atoms with Gasteiger partial charge in [-0.25, -0.2) is 14.5 Å². The summed E-state index contributed by atoms with van der Waals surface area (Å²) >= 11 is 1.30. The SMILES string of the molecule is COc1cccc(-c2nc(SCC(=O)N3CCCC3)n3[nH]c(=O)cc3n2)c1. The molecule has 1 aromatic carbocycles. The standard InChI is InChI=1S/C18H19N5O3S/c1-26-13-6-4-5-12(9-13)17-19-14-10-15(24)21-23(14)18(20-17)27-11-16(25)22-7-2-3-8-22/h4-6,9-10H,2-3,7-8,11H2,1H3,(H,21,24). The van der Waals surface area contributed by atoms with Gasteiger partial charge in [-0.1, -0.05) is 23.9 Å². The van der Waals surface area contributed by atoms with E-state index in [0.29, 0.717) is 22.4 Å². The van der Waals surface area contributed by atoms with Crippen LogP contribution in [0.1, 0.15) is 12.8 Å². The predicted octanol–water partition coefficient (Wildman–Crippen LogP) is 1.81. The lowest BCUT2D eigenvalue weighted by Crippen LogP contribution is -2.29. The molecule has 1 N–H and O–H groups in total. The van der Waals surface area contributed by atoms with Crippen molar-refractivity contribution in [2.45, 2.75) is 18.0 Å². The number of methoxy groups -OCH3 is 1. The van der Waals surface area contributed by atoms with Crippen molar-refractivity contribution in [2.75, 3.05) is 26.0 Å². The van der Waals surface area contributed by atoms with E-state index in [1.165, 1.54) is 22.3 Å². The summed E-state index contributed by atoms with van der Waals surface area (Å²) in [6, 6.07) is 8.82. The van der Waals surface area contributed by atoms with Crippen molar-refractivity contribution >= 4 is 23.3 Å². The largest absolute Gasteiger partial charge is 0.497 e. The molecule has 27 heavy (non-hydrogen) atoms. The molecule has 8 nitrogen and oxygen atoms in total. The van der Waals surface area contributed by atoms with Gasteiger partial charge in [-0.3, -0.25) is 14.7 Å². The molecule has 1 saturated heterocycles. The fraction of sp³-hybridized carbons (Fsp3) is 0.333. The highest BCUT2D eigenvalue weighted by Gasteiger charge is 2.19. The second kappa shape index (κ2) is 7.43. The zero-order valence-corrected chi connectivity index (χ0v) is 15.7. The first-order chi connectivity index (χ1) is 13.1. The van der Waals surface area contributed by atoms with Gasteiger partial charge in [-0.05, 0) is 25.0 Å². The maximum Gasteiger partial charge on any atom is 0.266 e. The molecule has 1 amide bonds. The van der Waals surface area contributed by atoms with Crippen LogP contribution in [0.15, 0.2) is 40.3 Å². The van der Waals surface area contributed by atoms with Gasteiger partial charge in [-0.15, -0.1) is 0 Å². The van der Waals surface area contributed by atoms with E-state index >= 15 is 0 Å². The summed E-state index contributed by atoms with van der Waals surface area (Å²) < 4.78 is 6.78. The number of nitrogens with zero attached hydrogens (tertiary/aromatic N) is 4. The van der Waals surface area contributed by atoms with E-state index in [0.717, 1.165) is 31.5 Å². The monoisotopic (exact) mass is 385 g/mol. The highest BCUT2D eigenvalue weighted by atomic mass is 32.2. The Bertz CT molecular complexity index is 1040. The van der Waals surface area contributed by atoms with Gasteiger partial charge in [0.25, 0.3) is 5.56 Å². The second-order valence-corrected chi connectivity index (χ2v) is 7.19. The molecule has 1 aliphatic heterocycles. The van der Waals surface area contributed by atoms with Gasteiger partial charge in [-0.2, -0.15) is 0 Å². The van der Waals surface area contributed by atoms with Crippen LogP contribution in [0.4, 0.5) is 0 Å². The molecule has 3 heterocycles. The first-order valence-electron chi connectivity index (χ1n) is 8.69. The molecule has 4 rings (SSSR count). The fourth-order valence-corrected chi connectivity index (χ4v) is 3.91. The Morgan fingerprint density at radius 2 is 2.07 bits per heavy atom. The van der Waals surface area contributed by atoms with E-state index in [1.54, 1.807) is 7.11 Å². The summed E-state index contributed by atoms with van der Waals surface area (Å²) in [4.78, 5) is 35.1. The Labute approximate surface area is 159 Å². The molecule has 1 aliphatic rings. The van der Waals surface area contributed by atoms with Gasteiger partial charge in [0.2, 0.25) is 5.91 Å². The van der Waals surface area contributed by atoms with Crippen molar-refractivity contribution in [1.82, 2.24) is 24.5 Å². The van der Waals surface area contributed by atoms with Gasteiger partial charge in [0.05, 0.1) is 12.9 Å². The van der Waals surface area contributed by atoms with Crippen LogP contribution in [-0.2, 0) is 4.79 Å². The summed E-state index contributed by atoms with van der Waals surface area (Å²) in [7, 11) is 1.60. The van der Waals surface area contributed by atoms with Crippen LogP contribution in [0.2, 0.25) is 0 Å². The van der Waals surface area contributed by atoms with Crippen LogP contribution in [0.5, 0.6) is 5.75 Å². The quantitative estimate of drug-likeness (QED) is 0.674. The highest BCUT2D eigenvalue weighted by Crippen LogP contribution is 2.24. The maximum atomic E-state index is 12.4. The molecular formula is C18H19N5O3S. The third-order valence-corrected chi connectivity index (χ3v) is 5.36. The number of amides is 1. The topological polar surface area (TPSA) is 92.6 Å². The van der Waals surface area contributed by atoms with Crippen molar-refractivity contribution in [3.05, 3.63) is 40.7 Å². The molecular weight excluding hydrogens is 366 g/mol. The molecule has 0 spiro atoms. The number of nitrogens with one attached hydrogen (secondary N) is 1. The van der Waals surface area contributed by atoms with E-state index < -0.39 is 0 Å². The minimum atomic E-state index is -0.264. The van der Waals surface area contributed by atoms with Crippen molar-refractivity contribution < 1.29 is 9.53 Å². The average molecular weight is 385 g/mol. The number of hydrogen-bond donors (Lipinski definition) is 1. The number of H-pyrrole nitrogens is 1. The zero-order chi connectivity index (χ0) is 18.8. The van der Waals surface area contributed by atoms with Crippen LogP contribution in [-0.4, -0.2) is 56.3 Å². The number of benzene rings is 1. The first kappa shape index (κ1) is 17.6. The molecule has 0 saturated carbocycles. The Kier molecular flexibility index (Phi) is 4.85. The number of carbonyl (C=O) groups excluding carboxylic acids is 1. The van der Waals surface area contributed by atoms with Crippen molar-refractivity contribution in [1.29, 1.82) is 0 Å². The molecule has 9 heteroatoms. The summed E-state index contributed by atoms with van der Waals surface area (Å²) in [5.41, 5.74) is 0.974.